The number of anilines is 2. The Labute approximate surface area is 149 Å². The van der Waals surface area contributed by atoms with E-state index in [0.717, 1.165) is 10.6 Å². The number of H-pyrrole nitrogens is 1. The maximum absolute atomic E-state index is 12.4. The summed E-state index contributed by atoms with van der Waals surface area (Å²) in [5.74, 6) is 1.16. The van der Waals surface area contributed by atoms with E-state index in [1.54, 1.807) is 36.6 Å². The Hall–Kier alpha value is -3.00. The summed E-state index contributed by atoms with van der Waals surface area (Å²) >= 11 is 1.56. The Kier molecular flexibility index (Phi) is 4.90. The second-order valence-corrected chi connectivity index (χ2v) is 6.14. The number of nitrogens with zero attached hydrogens (tertiary/aromatic N) is 1. The largest absolute Gasteiger partial charge is 0.497 e. The lowest BCUT2D eigenvalue weighted by Crippen LogP contribution is -2.20. The smallest absolute Gasteiger partial charge is 0.323 e. The Balaban J connectivity index is 1.79. The van der Waals surface area contributed by atoms with E-state index >= 15 is 0 Å². The Morgan fingerprint density at radius 3 is 2.72 bits per heavy atom. The van der Waals surface area contributed by atoms with E-state index in [1.807, 2.05) is 24.4 Å². The van der Waals surface area contributed by atoms with Gasteiger partial charge in [0.15, 0.2) is 0 Å². The number of amides is 2. The molecule has 2 amide bonds. The molecular weight excluding hydrogens is 340 g/mol. The number of aryl methyl sites for hydroxylation is 1. The molecule has 3 aromatic rings. The number of methoxy groups -OCH3 is 2. The molecule has 0 fully saturated rings. The van der Waals surface area contributed by atoms with Gasteiger partial charge < -0.3 is 20.1 Å². The number of thiophene rings is 1. The van der Waals surface area contributed by atoms with Crippen molar-refractivity contribution >= 4 is 28.7 Å². The van der Waals surface area contributed by atoms with Crippen LogP contribution in [0.1, 0.15) is 5.69 Å². The number of urea groups is 1. The topological polar surface area (TPSA) is 88.3 Å². The predicted octanol–water partition coefficient (Wildman–Crippen LogP) is 4.11. The molecule has 0 aliphatic heterocycles. The first kappa shape index (κ1) is 16.8. The number of hydrogen-bond donors (Lipinski definition) is 3. The van der Waals surface area contributed by atoms with Crippen LogP contribution in [0.3, 0.4) is 0 Å². The van der Waals surface area contributed by atoms with Gasteiger partial charge in [-0.2, -0.15) is 5.10 Å². The lowest BCUT2D eigenvalue weighted by molar-refractivity contribution is 0.262. The number of ether oxygens (including phenoxy) is 2. The Morgan fingerprint density at radius 1 is 1.20 bits per heavy atom. The molecule has 1 aromatic carbocycles. The number of aromatic nitrogens is 2. The van der Waals surface area contributed by atoms with Crippen molar-refractivity contribution in [3.8, 4) is 22.1 Å². The van der Waals surface area contributed by atoms with Crippen LogP contribution in [0.25, 0.3) is 10.6 Å². The highest BCUT2D eigenvalue weighted by molar-refractivity contribution is 7.13. The first-order chi connectivity index (χ1) is 12.1. The fourth-order valence-corrected chi connectivity index (χ4v) is 3.06. The van der Waals surface area contributed by atoms with Gasteiger partial charge in [0.2, 0.25) is 0 Å². The molecule has 8 heteroatoms. The van der Waals surface area contributed by atoms with Crippen LogP contribution in [0.5, 0.6) is 11.5 Å². The van der Waals surface area contributed by atoms with E-state index in [-0.39, 0.29) is 6.03 Å². The minimum atomic E-state index is -0.384. The molecule has 25 heavy (non-hydrogen) atoms. The number of carbonyl (C=O) groups excluding carboxylic acids is 1. The molecule has 130 valence electrons. The number of rotatable bonds is 5. The molecule has 0 spiro atoms. The number of hydrogen-bond acceptors (Lipinski definition) is 5. The van der Waals surface area contributed by atoms with Gasteiger partial charge in [-0.3, -0.25) is 5.10 Å². The summed E-state index contributed by atoms with van der Waals surface area (Å²) in [6, 6.07) is 8.69. The lowest BCUT2D eigenvalue weighted by atomic mass is 10.2. The average molecular weight is 358 g/mol. The van der Waals surface area contributed by atoms with Gasteiger partial charge >= 0.3 is 6.03 Å². The zero-order chi connectivity index (χ0) is 17.8. The molecule has 7 nitrogen and oxygen atoms in total. The quantitative estimate of drug-likeness (QED) is 0.640. The maximum atomic E-state index is 12.4. The minimum Gasteiger partial charge on any atom is -0.497 e. The second-order valence-electron chi connectivity index (χ2n) is 5.19. The van der Waals surface area contributed by atoms with Crippen LogP contribution in [-0.4, -0.2) is 30.4 Å². The van der Waals surface area contributed by atoms with Crippen molar-refractivity contribution in [1.29, 1.82) is 0 Å². The second kappa shape index (κ2) is 7.27. The molecule has 0 atom stereocenters. The van der Waals surface area contributed by atoms with Crippen LogP contribution in [0.2, 0.25) is 0 Å². The monoisotopic (exact) mass is 358 g/mol. The number of aromatic amines is 1. The highest BCUT2D eigenvalue weighted by Crippen LogP contribution is 2.32. The molecule has 0 radical (unpaired) electrons. The summed E-state index contributed by atoms with van der Waals surface area (Å²) in [5.41, 5.74) is 2.68. The molecule has 0 aliphatic rings. The standard InChI is InChI=1S/C17H18N4O3S/c1-10-15(16(21-20-10)14-5-4-8-25-14)19-17(22)18-12-7-6-11(23-2)9-13(12)24-3/h4-9H,1-3H3,(H,20,21)(H2,18,19,22). The third-order valence-electron chi connectivity index (χ3n) is 3.60. The minimum absolute atomic E-state index is 0.384. The van der Waals surface area contributed by atoms with Gasteiger partial charge in [0, 0.05) is 6.07 Å². The van der Waals surface area contributed by atoms with Gasteiger partial charge in [-0.25, -0.2) is 4.79 Å². The van der Waals surface area contributed by atoms with Gasteiger partial charge in [0.05, 0.1) is 36.2 Å². The molecule has 2 aromatic heterocycles. The average Bonchev–Trinajstić information content (AvgIpc) is 3.26. The highest BCUT2D eigenvalue weighted by Gasteiger charge is 2.16. The molecule has 0 saturated carbocycles. The van der Waals surface area contributed by atoms with Gasteiger partial charge in [-0.1, -0.05) is 6.07 Å². The van der Waals surface area contributed by atoms with Crippen molar-refractivity contribution in [3.05, 3.63) is 41.4 Å². The molecule has 0 bridgehead atoms. The van der Waals surface area contributed by atoms with Crippen molar-refractivity contribution in [2.45, 2.75) is 6.92 Å². The van der Waals surface area contributed by atoms with Crippen LogP contribution in [0.4, 0.5) is 16.2 Å². The van der Waals surface area contributed by atoms with Crippen molar-refractivity contribution in [2.75, 3.05) is 24.9 Å². The lowest BCUT2D eigenvalue weighted by Gasteiger charge is -2.12. The van der Waals surface area contributed by atoms with Crippen molar-refractivity contribution in [2.24, 2.45) is 0 Å². The third kappa shape index (κ3) is 3.58. The third-order valence-corrected chi connectivity index (χ3v) is 4.47. The van der Waals surface area contributed by atoms with Gasteiger partial charge in [-0.05, 0) is 30.5 Å². The summed E-state index contributed by atoms with van der Waals surface area (Å²) in [5, 5.41) is 14.8. The number of carbonyl (C=O) groups is 1. The molecule has 0 unspecified atom stereocenters. The zero-order valence-corrected chi connectivity index (χ0v) is 14.9. The van der Waals surface area contributed by atoms with E-state index < -0.39 is 0 Å². The predicted molar refractivity (Wildman–Crippen MR) is 98.8 cm³/mol. The van der Waals surface area contributed by atoms with Crippen molar-refractivity contribution in [3.63, 3.8) is 0 Å². The van der Waals surface area contributed by atoms with E-state index in [4.69, 9.17) is 9.47 Å². The number of nitrogens with one attached hydrogen (secondary N) is 3. The Bertz CT molecular complexity index is 874. The number of benzene rings is 1. The first-order valence-electron chi connectivity index (χ1n) is 7.51. The van der Waals surface area contributed by atoms with Crippen LogP contribution >= 0.6 is 11.3 Å². The molecule has 3 rings (SSSR count). The van der Waals surface area contributed by atoms with Gasteiger partial charge in [0.1, 0.15) is 17.2 Å². The maximum Gasteiger partial charge on any atom is 0.323 e. The molecule has 3 N–H and O–H groups in total. The van der Waals surface area contributed by atoms with Crippen LogP contribution < -0.4 is 20.1 Å². The van der Waals surface area contributed by atoms with E-state index in [9.17, 15) is 4.79 Å². The van der Waals surface area contributed by atoms with Crippen molar-refractivity contribution < 1.29 is 14.3 Å². The van der Waals surface area contributed by atoms with Crippen molar-refractivity contribution in [1.82, 2.24) is 10.2 Å². The summed E-state index contributed by atoms with van der Waals surface area (Å²) < 4.78 is 10.4. The summed E-state index contributed by atoms with van der Waals surface area (Å²) in [6.07, 6.45) is 0. The molecule has 2 heterocycles. The van der Waals surface area contributed by atoms with E-state index in [1.165, 1.54) is 7.11 Å². The summed E-state index contributed by atoms with van der Waals surface area (Å²) in [4.78, 5) is 13.4. The highest BCUT2D eigenvalue weighted by atomic mass is 32.1. The van der Waals surface area contributed by atoms with Crippen LogP contribution in [0, 0.1) is 6.92 Å². The van der Waals surface area contributed by atoms with Gasteiger partial charge in [-0.15, -0.1) is 11.3 Å². The molecule has 0 saturated heterocycles. The van der Waals surface area contributed by atoms with Gasteiger partial charge in [0.25, 0.3) is 0 Å². The Morgan fingerprint density at radius 2 is 2.04 bits per heavy atom. The fourth-order valence-electron chi connectivity index (χ4n) is 2.34. The fraction of sp³-hybridized carbons (Fsp3) is 0.176. The normalized spacial score (nSPS) is 10.4. The summed E-state index contributed by atoms with van der Waals surface area (Å²) in [6.45, 7) is 1.85. The van der Waals surface area contributed by atoms with E-state index in [2.05, 4.69) is 20.8 Å². The molecule has 0 aliphatic carbocycles. The summed E-state index contributed by atoms with van der Waals surface area (Å²) in [7, 11) is 3.11. The van der Waals surface area contributed by atoms with Crippen LogP contribution in [-0.2, 0) is 0 Å². The van der Waals surface area contributed by atoms with E-state index in [0.29, 0.717) is 28.6 Å². The first-order valence-corrected chi connectivity index (χ1v) is 8.39. The zero-order valence-electron chi connectivity index (χ0n) is 14.0. The van der Waals surface area contributed by atoms with Crippen LogP contribution in [0.15, 0.2) is 35.7 Å². The molecular formula is C17H18N4O3S. The SMILES string of the molecule is COc1ccc(NC(=O)Nc2c(-c3cccs3)n[nH]c2C)c(OC)c1.